The van der Waals surface area contributed by atoms with Crippen molar-refractivity contribution in [1.82, 2.24) is 15.1 Å². The fourth-order valence-electron chi connectivity index (χ4n) is 1.50. The first-order valence-corrected chi connectivity index (χ1v) is 5.51. The Morgan fingerprint density at radius 2 is 2.28 bits per heavy atom. The van der Waals surface area contributed by atoms with Gasteiger partial charge in [-0.05, 0) is 24.3 Å². The van der Waals surface area contributed by atoms with Crippen LogP contribution in [0.2, 0.25) is 5.02 Å². The Morgan fingerprint density at radius 3 is 2.94 bits per heavy atom. The van der Waals surface area contributed by atoms with Crippen molar-refractivity contribution in [3.8, 4) is 11.8 Å². The van der Waals surface area contributed by atoms with Gasteiger partial charge in [-0.3, -0.25) is 4.79 Å². The van der Waals surface area contributed by atoms with E-state index in [9.17, 15) is 4.79 Å². The fourth-order valence-corrected chi connectivity index (χ4v) is 1.68. The number of carbonyl (C=O) groups is 1. The van der Waals surface area contributed by atoms with Crippen molar-refractivity contribution in [2.75, 3.05) is 7.05 Å². The second-order valence-electron chi connectivity index (χ2n) is 3.50. The summed E-state index contributed by atoms with van der Waals surface area (Å²) in [6, 6.07) is 8.52. The molecule has 18 heavy (non-hydrogen) atoms. The first-order chi connectivity index (χ1) is 8.65. The topological polar surface area (TPSA) is 70.7 Å². The van der Waals surface area contributed by atoms with Crippen LogP contribution in [0, 0.1) is 11.3 Å². The SMILES string of the molecule is CNC(=O)c1ccn(-c2ccc(Cl)cc2C#N)n1. The first kappa shape index (κ1) is 12.1. The van der Waals surface area contributed by atoms with E-state index in [0.717, 1.165) is 0 Å². The number of amides is 1. The summed E-state index contributed by atoms with van der Waals surface area (Å²) in [6.45, 7) is 0. The summed E-state index contributed by atoms with van der Waals surface area (Å²) in [5.74, 6) is -0.277. The standard InChI is InChI=1S/C12H9ClN4O/c1-15-12(18)10-4-5-17(16-10)11-3-2-9(13)6-8(11)7-14/h2-6H,1H3,(H,15,18). The second-order valence-corrected chi connectivity index (χ2v) is 3.93. The predicted octanol–water partition coefficient (Wildman–Crippen LogP) is 1.76. The van der Waals surface area contributed by atoms with Gasteiger partial charge in [0.25, 0.3) is 5.91 Å². The number of carbonyl (C=O) groups excluding carboxylic acids is 1. The molecule has 1 N–H and O–H groups in total. The predicted molar refractivity (Wildman–Crippen MR) is 66.7 cm³/mol. The summed E-state index contributed by atoms with van der Waals surface area (Å²) in [7, 11) is 1.53. The number of rotatable bonds is 2. The van der Waals surface area contributed by atoms with Crippen LogP contribution in [0.4, 0.5) is 0 Å². The third-order valence-electron chi connectivity index (χ3n) is 2.37. The average Bonchev–Trinajstić information content (AvgIpc) is 2.87. The molecule has 1 amide bonds. The normalized spacial score (nSPS) is 9.83. The first-order valence-electron chi connectivity index (χ1n) is 5.13. The van der Waals surface area contributed by atoms with Gasteiger partial charge in [0, 0.05) is 18.3 Å². The number of hydrogen-bond donors (Lipinski definition) is 1. The number of nitrogens with one attached hydrogen (secondary N) is 1. The number of benzene rings is 1. The van der Waals surface area contributed by atoms with Crippen LogP contribution >= 0.6 is 11.6 Å². The van der Waals surface area contributed by atoms with Gasteiger partial charge in [0.05, 0.1) is 11.3 Å². The molecule has 0 saturated heterocycles. The lowest BCUT2D eigenvalue weighted by molar-refractivity contribution is 0.0957. The highest BCUT2D eigenvalue weighted by Crippen LogP contribution is 2.18. The highest BCUT2D eigenvalue weighted by molar-refractivity contribution is 6.30. The fraction of sp³-hybridized carbons (Fsp3) is 0.0833. The minimum absolute atomic E-state index is 0.277. The molecule has 0 aliphatic heterocycles. The molecule has 0 saturated carbocycles. The lowest BCUT2D eigenvalue weighted by Gasteiger charge is -2.04. The minimum Gasteiger partial charge on any atom is -0.354 e. The number of nitriles is 1. The van der Waals surface area contributed by atoms with E-state index in [-0.39, 0.29) is 11.6 Å². The van der Waals surface area contributed by atoms with E-state index in [2.05, 4.69) is 10.4 Å². The maximum Gasteiger partial charge on any atom is 0.271 e. The van der Waals surface area contributed by atoms with Gasteiger partial charge in [0.2, 0.25) is 0 Å². The summed E-state index contributed by atoms with van der Waals surface area (Å²) in [5.41, 5.74) is 1.27. The lowest BCUT2D eigenvalue weighted by Crippen LogP contribution is -2.18. The van der Waals surface area contributed by atoms with Gasteiger partial charge < -0.3 is 5.32 Å². The zero-order valence-corrected chi connectivity index (χ0v) is 10.3. The molecule has 1 aromatic carbocycles. The zero-order valence-electron chi connectivity index (χ0n) is 9.51. The number of hydrogen-bond acceptors (Lipinski definition) is 3. The van der Waals surface area contributed by atoms with Gasteiger partial charge in [-0.1, -0.05) is 11.6 Å². The van der Waals surface area contributed by atoms with E-state index in [1.807, 2.05) is 6.07 Å². The molecule has 6 heteroatoms. The van der Waals surface area contributed by atoms with Gasteiger partial charge in [-0.15, -0.1) is 0 Å². The summed E-state index contributed by atoms with van der Waals surface area (Å²) in [6.07, 6.45) is 1.62. The molecule has 1 heterocycles. The zero-order chi connectivity index (χ0) is 13.1. The molecule has 0 bridgehead atoms. The molecule has 2 aromatic rings. The molecule has 0 unspecified atom stereocenters. The van der Waals surface area contributed by atoms with E-state index < -0.39 is 0 Å². The monoisotopic (exact) mass is 260 g/mol. The number of aromatic nitrogens is 2. The van der Waals surface area contributed by atoms with E-state index in [1.165, 1.54) is 11.7 Å². The third kappa shape index (κ3) is 2.19. The van der Waals surface area contributed by atoms with Crippen LogP contribution < -0.4 is 5.32 Å². The highest BCUT2D eigenvalue weighted by Gasteiger charge is 2.10. The molecule has 0 aliphatic rings. The smallest absolute Gasteiger partial charge is 0.271 e. The molecule has 0 atom stereocenters. The van der Waals surface area contributed by atoms with Crippen molar-refractivity contribution in [3.05, 3.63) is 46.7 Å². The van der Waals surface area contributed by atoms with Gasteiger partial charge in [0.15, 0.2) is 5.69 Å². The second kappa shape index (κ2) is 4.90. The largest absolute Gasteiger partial charge is 0.354 e. The summed E-state index contributed by atoms with van der Waals surface area (Å²) < 4.78 is 1.47. The van der Waals surface area contributed by atoms with Crippen molar-refractivity contribution in [2.45, 2.75) is 0 Å². The summed E-state index contributed by atoms with van der Waals surface area (Å²) in [4.78, 5) is 11.4. The molecule has 0 fully saturated rings. The van der Waals surface area contributed by atoms with Crippen molar-refractivity contribution in [3.63, 3.8) is 0 Å². The average molecular weight is 261 g/mol. The lowest BCUT2D eigenvalue weighted by atomic mass is 10.2. The van der Waals surface area contributed by atoms with Gasteiger partial charge >= 0.3 is 0 Å². The molecule has 1 aromatic heterocycles. The Morgan fingerprint density at radius 1 is 1.50 bits per heavy atom. The molecule has 90 valence electrons. The molecule has 2 rings (SSSR count). The Labute approximate surface area is 109 Å². The van der Waals surface area contributed by atoms with E-state index in [0.29, 0.717) is 16.3 Å². The number of halogens is 1. The summed E-state index contributed by atoms with van der Waals surface area (Å²) in [5, 5.41) is 16.1. The number of nitrogens with zero attached hydrogens (tertiary/aromatic N) is 3. The third-order valence-corrected chi connectivity index (χ3v) is 2.61. The maximum absolute atomic E-state index is 11.4. The van der Waals surface area contributed by atoms with Crippen molar-refractivity contribution < 1.29 is 4.79 Å². The minimum atomic E-state index is -0.277. The van der Waals surface area contributed by atoms with E-state index in [1.54, 1.807) is 30.5 Å². The Bertz CT molecular complexity index is 642. The Kier molecular flexibility index (Phi) is 3.31. The van der Waals surface area contributed by atoms with Crippen molar-refractivity contribution in [2.24, 2.45) is 0 Å². The van der Waals surface area contributed by atoms with E-state index in [4.69, 9.17) is 16.9 Å². The van der Waals surface area contributed by atoms with Crippen LogP contribution in [-0.2, 0) is 0 Å². The molecule has 5 nitrogen and oxygen atoms in total. The maximum atomic E-state index is 11.4. The summed E-state index contributed by atoms with van der Waals surface area (Å²) >= 11 is 5.82. The quantitative estimate of drug-likeness (QED) is 0.894. The van der Waals surface area contributed by atoms with Gasteiger partial charge in [0.1, 0.15) is 6.07 Å². The molecular weight excluding hydrogens is 252 g/mol. The van der Waals surface area contributed by atoms with E-state index >= 15 is 0 Å². The van der Waals surface area contributed by atoms with Crippen LogP contribution in [0.3, 0.4) is 0 Å². The van der Waals surface area contributed by atoms with Gasteiger partial charge in [-0.25, -0.2) is 4.68 Å². The van der Waals surface area contributed by atoms with Crippen LogP contribution in [0.1, 0.15) is 16.1 Å². The van der Waals surface area contributed by atoms with Crippen LogP contribution in [0.15, 0.2) is 30.5 Å². The molecule has 0 aliphatic carbocycles. The van der Waals surface area contributed by atoms with Crippen molar-refractivity contribution in [1.29, 1.82) is 5.26 Å². The Hall–Kier alpha value is -2.32. The van der Waals surface area contributed by atoms with Crippen molar-refractivity contribution >= 4 is 17.5 Å². The molecular formula is C12H9ClN4O. The van der Waals surface area contributed by atoms with Crippen LogP contribution in [-0.4, -0.2) is 22.7 Å². The Balaban J connectivity index is 2.47. The highest BCUT2D eigenvalue weighted by atomic mass is 35.5. The molecule has 0 spiro atoms. The van der Waals surface area contributed by atoms with Crippen LogP contribution in [0.5, 0.6) is 0 Å². The van der Waals surface area contributed by atoms with Gasteiger partial charge in [-0.2, -0.15) is 10.4 Å². The van der Waals surface area contributed by atoms with Crippen LogP contribution in [0.25, 0.3) is 5.69 Å². The molecule has 0 radical (unpaired) electrons.